The number of para-hydroxylation sites is 1. The predicted molar refractivity (Wildman–Crippen MR) is 98.4 cm³/mol. The molecule has 0 aliphatic carbocycles. The van der Waals surface area contributed by atoms with Crippen LogP contribution >= 0.6 is 11.3 Å². The summed E-state index contributed by atoms with van der Waals surface area (Å²) in [5, 5.41) is 7.45. The molecule has 0 atom stereocenters. The Morgan fingerprint density at radius 2 is 2.00 bits per heavy atom. The van der Waals surface area contributed by atoms with Crippen LogP contribution in [0, 0.1) is 5.82 Å². The molecule has 0 spiro atoms. The molecule has 0 amide bonds. The van der Waals surface area contributed by atoms with Crippen LogP contribution in [0.2, 0.25) is 0 Å². The van der Waals surface area contributed by atoms with Gasteiger partial charge in [-0.05, 0) is 29.8 Å². The predicted octanol–water partition coefficient (Wildman–Crippen LogP) is 4.51. The van der Waals surface area contributed by atoms with Crippen LogP contribution in [0.3, 0.4) is 0 Å². The lowest BCUT2D eigenvalue weighted by Crippen LogP contribution is -2.11. The lowest BCUT2D eigenvalue weighted by atomic mass is 10.2. The van der Waals surface area contributed by atoms with E-state index >= 15 is 0 Å². The summed E-state index contributed by atoms with van der Waals surface area (Å²) in [6.45, 7) is 0. The average molecular weight is 351 g/mol. The summed E-state index contributed by atoms with van der Waals surface area (Å²) in [5.41, 5.74) is 2.30. The SMILES string of the molecule is CN=c1scc(-c2cc3ccccc3o2)n1N=Cc1cccc(F)c1. The van der Waals surface area contributed by atoms with E-state index in [1.807, 2.05) is 35.7 Å². The molecule has 2 aromatic heterocycles. The highest BCUT2D eigenvalue weighted by molar-refractivity contribution is 7.07. The Morgan fingerprint density at radius 1 is 1.12 bits per heavy atom. The number of aromatic nitrogens is 1. The van der Waals surface area contributed by atoms with Gasteiger partial charge in [-0.3, -0.25) is 4.99 Å². The van der Waals surface area contributed by atoms with Crippen LogP contribution < -0.4 is 4.80 Å². The van der Waals surface area contributed by atoms with Crippen LogP contribution in [-0.2, 0) is 0 Å². The summed E-state index contributed by atoms with van der Waals surface area (Å²) in [6, 6.07) is 16.1. The largest absolute Gasteiger partial charge is 0.454 e. The zero-order chi connectivity index (χ0) is 17.2. The molecule has 0 saturated heterocycles. The first kappa shape index (κ1) is 15.5. The fourth-order valence-electron chi connectivity index (χ4n) is 2.55. The first-order chi connectivity index (χ1) is 12.2. The van der Waals surface area contributed by atoms with Crippen molar-refractivity contribution in [2.75, 3.05) is 7.05 Å². The topological polar surface area (TPSA) is 42.8 Å². The molecule has 25 heavy (non-hydrogen) atoms. The van der Waals surface area contributed by atoms with E-state index in [1.54, 1.807) is 30.1 Å². The summed E-state index contributed by atoms with van der Waals surface area (Å²) >= 11 is 1.47. The van der Waals surface area contributed by atoms with Crippen molar-refractivity contribution < 1.29 is 8.81 Å². The Balaban J connectivity index is 1.81. The van der Waals surface area contributed by atoms with Crippen LogP contribution in [0.1, 0.15) is 5.56 Å². The van der Waals surface area contributed by atoms with E-state index in [4.69, 9.17) is 4.42 Å². The smallest absolute Gasteiger partial charge is 0.206 e. The van der Waals surface area contributed by atoms with E-state index in [0.29, 0.717) is 11.3 Å². The molecule has 0 radical (unpaired) electrons. The quantitative estimate of drug-likeness (QED) is 0.501. The van der Waals surface area contributed by atoms with Crippen LogP contribution in [0.5, 0.6) is 0 Å². The standard InChI is InChI=1S/C19H14FN3OS/c1-21-19-23(22-11-13-5-4-7-15(20)9-13)16(12-25-19)18-10-14-6-2-3-8-17(14)24-18/h2-12H,1H3. The van der Waals surface area contributed by atoms with E-state index in [9.17, 15) is 4.39 Å². The Labute approximate surface area is 147 Å². The van der Waals surface area contributed by atoms with E-state index in [2.05, 4.69) is 10.1 Å². The highest BCUT2D eigenvalue weighted by Crippen LogP contribution is 2.28. The third-order valence-corrected chi connectivity index (χ3v) is 4.63. The minimum absolute atomic E-state index is 0.294. The van der Waals surface area contributed by atoms with Crippen LogP contribution in [0.15, 0.2) is 74.5 Å². The maximum absolute atomic E-state index is 13.3. The minimum Gasteiger partial charge on any atom is -0.454 e. The van der Waals surface area contributed by atoms with Crippen molar-refractivity contribution in [1.29, 1.82) is 0 Å². The fourth-order valence-corrected chi connectivity index (χ4v) is 3.34. The molecule has 6 heteroatoms. The first-order valence-electron chi connectivity index (χ1n) is 7.67. The minimum atomic E-state index is -0.294. The third kappa shape index (κ3) is 3.04. The van der Waals surface area contributed by atoms with Gasteiger partial charge < -0.3 is 4.42 Å². The molecular formula is C19H14FN3OS. The fraction of sp³-hybridized carbons (Fsp3) is 0.0526. The lowest BCUT2D eigenvalue weighted by Gasteiger charge is -2.00. The van der Waals surface area contributed by atoms with E-state index in [1.165, 1.54) is 23.5 Å². The summed E-state index contributed by atoms with van der Waals surface area (Å²) in [6.07, 6.45) is 1.61. The van der Waals surface area contributed by atoms with Gasteiger partial charge in [0.2, 0.25) is 4.80 Å². The number of furan rings is 1. The molecule has 0 bridgehead atoms. The number of rotatable bonds is 3. The molecule has 0 unspecified atom stereocenters. The number of halogens is 1. The zero-order valence-corrected chi connectivity index (χ0v) is 14.2. The number of fused-ring (bicyclic) bond motifs is 1. The Bertz CT molecular complexity index is 1100. The number of hydrogen-bond acceptors (Lipinski definition) is 4. The summed E-state index contributed by atoms with van der Waals surface area (Å²) in [7, 11) is 1.71. The van der Waals surface area contributed by atoms with Crippen LogP contribution in [0.4, 0.5) is 4.39 Å². The van der Waals surface area contributed by atoms with Gasteiger partial charge in [-0.1, -0.05) is 30.3 Å². The van der Waals surface area contributed by atoms with E-state index in [-0.39, 0.29) is 5.82 Å². The zero-order valence-electron chi connectivity index (χ0n) is 13.4. The van der Waals surface area contributed by atoms with Crippen molar-refractivity contribution in [3.63, 3.8) is 0 Å². The monoisotopic (exact) mass is 351 g/mol. The van der Waals surface area contributed by atoms with E-state index in [0.717, 1.165) is 21.5 Å². The number of nitrogens with zero attached hydrogens (tertiary/aromatic N) is 3. The molecule has 0 aliphatic heterocycles. The van der Waals surface area contributed by atoms with Gasteiger partial charge in [-0.25, -0.2) is 9.07 Å². The maximum Gasteiger partial charge on any atom is 0.206 e. The maximum atomic E-state index is 13.3. The van der Waals surface area contributed by atoms with Crippen LogP contribution in [0.25, 0.3) is 22.4 Å². The van der Waals surface area contributed by atoms with Gasteiger partial charge in [0.1, 0.15) is 17.1 Å². The summed E-state index contributed by atoms with van der Waals surface area (Å²) in [4.78, 5) is 4.98. The Kier molecular flexibility index (Phi) is 4.03. The molecule has 4 nitrogen and oxygen atoms in total. The van der Waals surface area contributed by atoms with Crippen molar-refractivity contribution in [2.24, 2.45) is 10.1 Å². The Hall–Kier alpha value is -2.99. The van der Waals surface area contributed by atoms with Crippen molar-refractivity contribution in [2.45, 2.75) is 0 Å². The molecule has 124 valence electrons. The number of benzene rings is 2. The summed E-state index contributed by atoms with van der Waals surface area (Å²) < 4.78 is 21.0. The van der Waals surface area contributed by atoms with E-state index < -0.39 is 0 Å². The second kappa shape index (κ2) is 6.49. The lowest BCUT2D eigenvalue weighted by molar-refractivity contribution is 0.621. The van der Waals surface area contributed by atoms with Crippen molar-refractivity contribution in [3.8, 4) is 11.5 Å². The Morgan fingerprint density at radius 3 is 2.80 bits per heavy atom. The highest BCUT2D eigenvalue weighted by atomic mass is 32.1. The second-order valence-corrected chi connectivity index (χ2v) is 6.22. The molecule has 0 saturated carbocycles. The van der Waals surface area contributed by atoms with Gasteiger partial charge in [-0.15, -0.1) is 11.3 Å². The molecule has 4 rings (SSSR count). The van der Waals surface area contributed by atoms with Gasteiger partial charge in [0, 0.05) is 17.8 Å². The number of thiazole rings is 1. The molecule has 0 fully saturated rings. The van der Waals surface area contributed by atoms with Crippen molar-refractivity contribution in [3.05, 3.63) is 76.2 Å². The second-order valence-electron chi connectivity index (χ2n) is 5.39. The molecule has 0 aliphatic rings. The first-order valence-corrected chi connectivity index (χ1v) is 8.55. The molecule has 2 heterocycles. The highest BCUT2D eigenvalue weighted by Gasteiger charge is 2.12. The summed E-state index contributed by atoms with van der Waals surface area (Å²) in [5.74, 6) is 0.418. The molecular weight excluding hydrogens is 337 g/mol. The van der Waals surface area contributed by atoms with Crippen molar-refractivity contribution >= 4 is 28.5 Å². The van der Waals surface area contributed by atoms with Gasteiger partial charge in [0.05, 0.1) is 6.21 Å². The van der Waals surface area contributed by atoms with Gasteiger partial charge in [0.15, 0.2) is 5.76 Å². The third-order valence-electron chi connectivity index (χ3n) is 3.73. The number of hydrogen-bond donors (Lipinski definition) is 0. The van der Waals surface area contributed by atoms with Crippen LogP contribution in [-0.4, -0.2) is 17.9 Å². The molecule has 4 aromatic rings. The average Bonchev–Trinajstić information content (AvgIpc) is 3.23. The van der Waals surface area contributed by atoms with Gasteiger partial charge in [0.25, 0.3) is 0 Å². The van der Waals surface area contributed by atoms with Crippen molar-refractivity contribution in [1.82, 2.24) is 4.68 Å². The normalized spacial score (nSPS) is 12.5. The van der Waals surface area contributed by atoms with Gasteiger partial charge >= 0.3 is 0 Å². The molecule has 2 aromatic carbocycles. The van der Waals surface area contributed by atoms with Gasteiger partial charge in [-0.2, -0.15) is 5.10 Å². The molecule has 0 N–H and O–H groups in total.